The maximum absolute atomic E-state index is 10.7. The van der Waals surface area contributed by atoms with Crippen molar-refractivity contribution in [2.75, 3.05) is 0 Å². The number of hydrogen-bond acceptors (Lipinski definition) is 2. The van der Waals surface area contributed by atoms with Crippen LogP contribution in [0.5, 0.6) is 0 Å². The Labute approximate surface area is 132 Å². The van der Waals surface area contributed by atoms with Crippen LogP contribution >= 0.6 is 15.9 Å². The zero-order chi connectivity index (χ0) is 15.6. The highest BCUT2D eigenvalue weighted by molar-refractivity contribution is 9.10. The molecule has 0 amide bonds. The van der Waals surface area contributed by atoms with Crippen LogP contribution in [0.15, 0.2) is 28.7 Å². The minimum atomic E-state index is -0.966. The second-order valence-corrected chi connectivity index (χ2v) is 5.71. The number of carboxylic acids is 1. The number of aromatic nitrogens is 2. The van der Waals surface area contributed by atoms with E-state index in [4.69, 9.17) is 5.11 Å². The van der Waals surface area contributed by atoms with Gasteiger partial charge in [-0.2, -0.15) is 5.10 Å². The Kier molecular flexibility index (Phi) is 4.63. The number of hydrogen-bond donors (Lipinski definition) is 1. The van der Waals surface area contributed by atoms with Crippen LogP contribution in [0.2, 0.25) is 0 Å². The van der Waals surface area contributed by atoms with Crippen LogP contribution in [-0.2, 0) is 11.2 Å². The van der Waals surface area contributed by atoms with Gasteiger partial charge in [0.2, 0.25) is 0 Å². The fourth-order valence-electron chi connectivity index (χ4n) is 2.42. The fourth-order valence-corrected chi connectivity index (χ4v) is 2.77. The maximum atomic E-state index is 10.7. The van der Waals surface area contributed by atoms with Gasteiger partial charge in [-0.25, -0.2) is 9.48 Å². The number of carbonyl (C=O) groups is 1. The monoisotopic (exact) mass is 348 g/mol. The number of rotatable bonds is 4. The maximum Gasteiger partial charge on any atom is 0.328 e. The number of aliphatic carboxylic acids is 1. The van der Waals surface area contributed by atoms with Gasteiger partial charge in [-0.3, -0.25) is 0 Å². The molecule has 5 heteroatoms. The lowest BCUT2D eigenvalue weighted by Gasteiger charge is -2.09. The predicted molar refractivity (Wildman–Crippen MR) is 86.8 cm³/mol. The summed E-state index contributed by atoms with van der Waals surface area (Å²) in [5.41, 5.74) is 4.99. The molecular weight excluding hydrogens is 332 g/mol. The van der Waals surface area contributed by atoms with Crippen molar-refractivity contribution in [3.8, 4) is 5.69 Å². The van der Waals surface area contributed by atoms with Crippen molar-refractivity contribution in [1.82, 2.24) is 9.78 Å². The Morgan fingerprint density at radius 2 is 2.14 bits per heavy atom. The topological polar surface area (TPSA) is 55.1 Å². The number of carboxylic acid groups (broad SMARTS) is 1. The van der Waals surface area contributed by atoms with Crippen molar-refractivity contribution in [1.29, 1.82) is 0 Å². The number of benzene rings is 1. The molecule has 0 fully saturated rings. The Morgan fingerprint density at radius 3 is 2.71 bits per heavy atom. The standard InChI is InChI=1S/C16H17BrN2O2/c1-4-14-10(2)18-19(11(14)3)15-9-13(17)7-5-12(15)6-8-16(20)21/h5-9H,4H2,1-3H3,(H,20,21). The molecule has 0 spiro atoms. The van der Waals surface area contributed by atoms with Gasteiger partial charge in [0, 0.05) is 21.8 Å². The van der Waals surface area contributed by atoms with E-state index in [0.717, 1.165) is 39.6 Å². The summed E-state index contributed by atoms with van der Waals surface area (Å²) in [7, 11) is 0. The molecule has 0 unspecified atom stereocenters. The average Bonchev–Trinajstić information content (AvgIpc) is 2.71. The first-order chi connectivity index (χ1) is 9.93. The Bertz CT molecular complexity index is 717. The van der Waals surface area contributed by atoms with E-state index in [1.807, 2.05) is 36.7 Å². The first-order valence-electron chi connectivity index (χ1n) is 6.70. The number of nitrogens with zero attached hydrogens (tertiary/aromatic N) is 2. The highest BCUT2D eigenvalue weighted by Gasteiger charge is 2.13. The minimum absolute atomic E-state index is 0.814. The Hall–Kier alpha value is -1.88. The summed E-state index contributed by atoms with van der Waals surface area (Å²) in [5.74, 6) is -0.966. The summed E-state index contributed by atoms with van der Waals surface area (Å²) in [6, 6.07) is 5.71. The molecule has 110 valence electrons. The van der Waals surface area contributed by atoms with Gasteiger partial charge in [-0.15, -0.1) is 0 Å². The minimum Gasteiger partial charge on any atom is -0.478 e. The van der Waals surface area contributed by atoms with E-state index in [1.165, 1.54) is 5.56 Å². The van der Waals surface area contributed by atoms with Crippen LogP contribution in [0.3, 0.4) is 0 Å². The second-order valence-electron chi connectivity index (χ2n) is 4.79. The molecule has 1 heterocycles. The molecule has 0 radical (unpaired) electrons. The lowest BCUT2D eigenvalue weighted by atomic mass is 10.1. The van der Waals surface area contributed by atoms with E-state index < -0.39 is 5.97 Å². The molecule has 1 N–H and O–H groups in total. The van der Waals surface area contributed by atoms with Crippen LogP contribution in [0, 0.1) is 13.8 Å². The summed E-state index contributed by atoms with van der Waals surface area (Å²) in [6.07, 6.45) is 3.65. The van der Waals surface area contributed by atoms with Gasteiger partial charge in [0.15, 0.2) is 0 Å². The molecule has 0 aliphatic heterocycles. The van der Waals surface area contributed by atoms with Crippen molar-refractivity contribution in [3.05, 3.63) is 51.3 Å². The first kappa shape index (κ1) is 15.5. The lowest BCUT2D eigenvalue weighted by Crippen LogP contribution is -2.02. The molecule has 0 saturated heterocycles. The number of halogens is 1. The molecule has 1 aromatic heterocycles. The van der Waals surface area contributed by atoms with Crippen molar-refractivity contribution in [2.24, 2.45) is 0 Å². The molecule has 2 rings (SSSR count). The summed E-state index contributed by atoms with van der Waals surface area (Å²) >= 11 is 3.46. The van der Waals surface area contributed by atoms with Crippen molar-refractivity contribution < 1.29 is 9.90 Å². The third-order valence-electron chi connectivity index (χ3n) is 3.42. The SMILES string of the molecule is CCc1c(C)nn(-c2cc(Br)ccc2C=CC(=O)O)c1C. The van der Waals surface area contributed by atoms with Gasteiger partial charge >= 0.3 is 5.97 Å². The second kappa shape index (κ2) is 6.26. The molecule has 2 aromatic rings. The quantitative estimate of drug-likeness (QED) is 0.852. The van der Waals surface area contributed by atoms with Gasteiger partial charge in [0.25, 0.3) is 0 Å². The lowest BCUT2D eigenvalue weighted by molar-refractivity contribution is -0.131. The largest absolute Gasteiger partial charge is 0.478 e. The van der Waals surface area contributed by atoms with Crippen LogP contribution in [0.25, 0.3) is 11.8 Å². The summed E-state index contributed by atoms with van der Waals surface area (Å²) in [5, 5.41) is 13.4. The van der Waals surface area contributed by atoms with Crippen LogP contribution < -0.4 is 0 Å². The smallest absolute Gasteiger partial charge is 0.328 e. The van der Waals surface area contributed by atoms with E-state index in [0.29, 0.717) is 0 Å². The summed E-state index contributed by atoms with van der Waals surface area (Å²) in [4.78, 5) is 10.7. The highest BCUT2D eigenvalue weighted by atomic mass is 79.9. The zero-order valence-electron chi connectivity index (χ0n) is 12.2. The molecule has 0 atom stereocenters. The van der Waals surface area contributed by atoms with Gasteiger partial charge in [-0.1, -0.05) is 28.9 Å². The van der Waals surface area contributed by atoms with Gasteiger partial charge in [0.05, 0.1) is 11.4 Å². The third-order valence-corrected chi connectivity index (χ3v) is 3.91. The van der Waals surface area contributed by atoms with Crippen molar-refractivity contribution in [3.63, 3.8) is 0 Å². The van der Waals surface area contributed by atoms with E-state index >= 15 is 0 Å². The van der Waals surface area contributed by atoms with E-state index in [2.05, 4.69) is 28.0 Å². The Morgan fingerprint density at radius 1 is 1.43 bits per heavy atom. The van der Waals surface area contributed by atoms with Crippen molar-refractivity contribution in [2.45, 2.75) is 27.2 Å². The average molecular weight is 349 g/mol. The molecule has 0 aliphatic rings. The molecule has 0 bridgehead atoms. The van der Waals surface area contributed by atoms with E-state index in [1.54, 1.807) is 6.08 Å². The molecular formula is C16H17BrN2O2. The van der Waals surface area contributed by atoms with Crippen LogP contribution in [0.1, 0.15) is 29.4 Å². The molecule has 1 aromatic carbocycles. The van der Waals surface area contributed by atoms with E-state index in [-0.39, 0.29) is 0 Å². The first-order valence-corrected chi connectivity index (χ1v) is 7.49. The fraction of sp³-hybridized carbons (Fsp3) is 0.250. The van der Waals surface area contributed by atoms with Crippen LogP contribution in [0.4, 0.5) is 0 Å². The normalized spacial score (nSPS) is 11.2. The highest BCUT2D eigenvalue weighted by Crippen LogP contribution is 2.25. The zero-order valence-corrected chi connectivity index (χ0v) is 13.8. The third kappa shape index (κ3) is 3.24. The van der Waals surface area contributed by atoms with Gasteiger partial charge in [0.1, 0.15) is 0 Å². The van der Waals surface area contributed by atoms with E-state index in [9.17, 15) is 4.79 Å². The predicted octanol–water partition coefficient (Wildman–Crippen LogP) is 3.91. The van der Waals surface area contributed by atoms with Gasteiger partial charge < -0.3 is 5.11 Å². The van der Waals surface area contributed by atoms with Crippen LogP contribution in [-0.4, -0.2) is 20.9 Å². The summed E-state index contributed by atoms with van der Waals surface area (Å²) in [6.45, 7) is 6.13. The molecule has 21 heavy (non-hydrogen) atoms. The summed E-state index contributed by atoms with van der Waals surface area (Å²) < 4.78 is 2.80. The molecule has 0 aliphatic carbocycles. The van der Waals surface area contributed by atoms with Crippen molar-refractivity contribution >= 4 is 28.0 Å². The van der Waals surface area contributed by atoms with Gasteiger partial charge in [-0.05, 0) is 44.0 Å². The molecule has 4 nitrogen and oxygen atoms in total. The Balaban J connectivity index is 2.62. The molecule has 0 saturated carbocycles. The number of aryl methyl sites for hydroxylation is 1.